The van der Waals surface area contributed by atoms with Crippen molar-refractivity contribution in [3.05, 3.63) is 28.8 Å². The molecule has 3 aliphatic rings. The van der Waals surface area contributed by atoms with E-state index in [0.717, 1.165) is 51.0 Å². The lowest BCUT2D eigenvalue weighted by Gasteiger charge is -2.35. The summed E-state index contributed by atoms with van der Waals surface area (Å²) in [6.45, 7) is 0. The Hall–Kier alpha value is -1.34. The third-order valence-electron chi connectivity index (χ3n) is 9.01. The van der Waals surface area contributed by atoms with Crippen molar-refractivity contribution in [2.45, 2.75) is 135 Å². The highest BCUT2D eigenvalue weighted by molar-refractivity contribution is 7.92. The molecular weight excluding hydrogens is 582 g/mol. The van der Waals surface area contributed by atoms with Crippen molar-refractivity contribution in [3.63, 3.8) is 0 Å². The molecule has 0 amide bonds. The summed E-state index contributed by atoms with van der Waals surface area (Å²) >= 11 is 0. The van der Waals surface area contributed by atoms with Gasteiger partial charge in [0.1, 0.15) is 0 Å². The smallest absolute Gasteiger partial charge is 0.281 e. The molecule has 3 saturated carbocycles. The van der Waals surface area contributed by atoms with E-state index in [1.54, 1.807) is 0 Å². The summed E-state index contributed by atoms with van der Waals surface area (Å²) in [5.74, 6) is -7.92. The van der Waals surface area contributed by atoms with Gasteiger partial charge in [0.15, 0.2) is 0 Å². The Morgan fingerprint density at radius 2 is 1.02 bits per heavy atom. The zero-order valence-corrected chi connectivity index (χ0v) is 23.8. The molecule has 1 aromatic rings. The Morgan fingerprint density at radius 1 is 0.600 bits per heavy atom. The molecule has 0 atom stereocenters. The SMILES string of the molecule is O=S(=O)(O)C(F)(F)C(F)(F)C(F)(F)S(=O)(=O)c1cc(C2CCCCC2)cc(C2CCCCC2)c1C1CCCCC1. The molecule has 1 N–H and O–H groups in total. The van der Waals surface area contributed by atoms with Crippen LogP contribution in [0.4, 0.5) is 26.3 Å². The van der Waals surface area contributed by atoms with Gasteiger partial charge in [-0.25, -0.2) is 8.42 Å². The van der Waals surface area contributed by atoms with E-state index in [1.807, 2.05) is 6.07 Å². The van der Waals surface area contributed by atoms with Gasteiger partial charge in [0.05, 0.1) is 4.90 Å². The Labute approximate surface area is 231 Å². The molecule has 0 bridgehead atoms. The van der Waals surface area contributed by atoms with Crippen molar-refractivity contribution in [2.75, 3.05) is 0 Å². The van der Waals surface area contributed by atoms with E-state index in [1.165, 1.54) is 0 Å². The normalized spacial score (nSPS) is 22.0. The lowest BCUT2D eigenvalue weighted by atomic mass is 9.74. The van der Waals surface area contributed by atoms with Crippen LogP contribution in [0.5, 0.6) is 0 Å². The molecule has 0 radical (unpaired) electrons. The number of benzene rings is 1. The molecule has 0 heterocycles. The summed E-state index contributed by atoms with van der Waals surface area (Å²) in [5, 5.41) is -13.3. The molecular formula is C27H36F6O5S2. The second-order valence-corrected chi connectivity index (χ2v) is 15.0. The fraction of sp³-hybridized carbons (Fsp3) is 0.778. The van der Waals surface area contributed by atoms with Gasteiger partial charge >= 0.3 is 26.5 Å². The third kappa shape index (κ3) is 5.43. The van der Waals surface area contributed by atoms with Crippen molar-refractivity contribution >= 4 is 20.0 Å². The molecule has 0 unspecified atom stereocenters. The minimum absolute atomic E-state index is 0.0168. The van der Waals surface area contributed by atoms with Crippen LogP contribution in [-0.2, 0) is 20.0 Å². The summed E-state index contributed by atoms with van der Waals surface area (Å²) < 4.78 is 146. The molecule has 1 aromatic carbocycles. The Morgan fingerprint density at radius 3 is 1.48 bits per heavy atom. The lowest BCUT2D eigenvalue weighted by molar-refractivity contribution is -0.245. The van der Waals surface area contributed by atoms with Gasteiger partial charge < -0.3 is 0 Å². The van der Waals surface area contributed by atoms with E-state index < -0.39 is 47.2 Å². The van der Waals surface area contributed by atoms with Crippen molar-refractivity contribution in [1.29, 1.82) is 0 Å². The van der Waals surface area contributed by atoms with Gasteiger partial charge in [0, 0.05) is 0 Å². The van der Waals surface area contributed by atoms with E-state index in [2.05, 4.69) is 0 Å². The first-order valence-electron chi connectivity index (χ1n) is 14.1. The summed E-state index contributed by atoms with van der Waals surface area (Å²) in [4.78, 5) is -1.11. The number of alkyl halides is 6. The van der Waals surface area contributed by atoms with E-state index in [-0.39, 0.29) is 17.4 Å². The van der Waals surface area contributed by atoms with E-state index >= 15 is 8.78 Å². The molecule has 0 saturated heterocycles. The average molecular weight is 619 g/mol. The standard InChI is InChI=1S/C27H36F6O5S2/c28-25(29,27(32,33)40(36,37)38)26(30,31)39(34,35)23-17-21(18-10-4-1-5-11-18)16-22(19-12-6-2-7-13-19)24(23)20-14-8-3-9-15-20/h16-20H,1-15H2,(H,36,37,38). The average Bonchev–Trinajstić information content (AvgIpc) is 2.92. The van der Waals surface area contributed by atoms with Crippen LogP contribution in [0, 0.1) is 0 Å². The Balaban J connectivity index is 1.99. The van der Waals surface area contributed by atoms with Gasteiger partial charge in [-0.1, -0.05) is 63.9 Å². The van der Waals surface area contributed by atoms with E-state index in [4.69, 9.17) is 4.55 Å². The molecule has 4 rings (SSSR count). The number of hydrogen-bond donors (Lipinski definition) is 1. The third-order valence-corrected chi connectivity index (χ3v) is 11.8. The summed E-state index contributed by atoms with van der Waals surface area (Å²) in [6, 6.07) is 2.79. The van der Waals surface area contributed by atoms with Crippen LogP contribution in [0.25, 0.3) is 0 Å². The van der Waals surface area contributed by atoms with E-state index in [0.29, 0.717) is 62.5 Å². The molecule has 0 spiro atoms. The second kappa shape index (κ2) is 11.4. The van der Waals surface area contributed by atoms with Gasteiger partial charge in [-0.2, -0.15) is 34.8 Å². The summed E-state index contributed by atoms with van der Waals surface area (Å²) in [6.07, 6.45) is 10.7. The monoisotopic (exact) mass is 618 g/mol. The maximum atomic E-state index is 15.4. The first-order valence-corrected chi connectivity index (χ1v) is 17.0. The van der Waals surface area contributed by atoms with Crippen LogP contribution >= 0.6 is 0 Å². The van der Waals surface area contributed by atoms with E-state index in [9.17, 15) is 34.4 Å². The predicted molar refractivity (Wildman–Crippen MR) is 137 cm³/mol. The zero-order valence-electron chi connectivity index (χ0n) is 22.2. The van der Waals surface area contributed by atoms with Crippen molar-refractivity contribution < 1.29 is 47.7 Å². The van der Waals surface area contributed by atoms with Gasteiger partial charge in [-0.3, -0.25) is 4.55 Å². The first-order chi connectivity index (χ1) is 18.5. The molecule has 13 heteroatoms. The maximum Gasteiger partial charge on any atom is 0.439 e. The summed E-state index contributed by atoms with van der Waals surface area (Å²) in [7, 11) is -13.7. The largest absolute Gasteiger partial charge is 0.439 e. The van der Waals surface area contributed by atoms with Crippen LogP contribution in [0.2, 0.25) is 0 Å². The molecule has 40 heavy (non-hydrogen) atoms. The second-order valence-electron chi connectivity index (χ2n) is 11.6. The highest BCUT2D eigenvalue weighted by atomic mass is 32.2. The molecule has 3 fully saturated rings. The Kier molecular flexibility index (Phi) is 9.00. The van der Waals surface area contributed by atoms with Gasteiger partial charge in [-0.05, 0) is 79.0 Å². The zero-order chi connectivity index (χ0) is 29.6. The number of sulfone groups is 1. The highest BCUT2D eigenvalue weighted by Gasteiger charge is 2.82. The van der Waals surface area contributed by atoms with Crippen LogP contribution < -0.4 is 0 Å². The van der Waals surface area contributed by atoms with Gasteiger partial charge in [-0.15, -0.1) is 0 Å². The minimum atomic E-state index is -7.09. The molecule has 5 nitrogen and oxygen atoms in total. The molecule has 0 aromatic heterocycles. The fourth-order valence-electron chi connectivity index (χ4n) is 6.78. The van der Waals surface area contributed by atoms with Crippen LogP contribution in [0.3, 0.4) is 0 Å². The lowest BCUT2D eigenvalue weighted by Crippen LogP contribution is -2.60. The minimum Gasteiger partial charge on any atom is -0.281 e. The van der Waals surface area contributed by atoms with Crippen LogP contribution in [0.1, 0.15) is 131 Å². The fourth-order valence-corrected chi connectivity index (χ4v) is 8.91. The Bertz CT molecular complexity index is 1280. The molecule has 228 valence electrons. The summed E-state index contributed by atoms with van der Waals surface area (Å²) in [5.41, 5.74) is 0.893. The number of rotatable bonds is 8. The molecule has 3 aliphatic carbocycles. The number of hydrogen-bond acceptors (Lipinski definition) is 4. The van der Waals surface area contributed by atoms with Crippen molar-refractivity contribution in [3.8, 4) is 0 Å². The quantitative estimate of drug-likeness (QED) is 0.234. The van der Waals surface area contributed by atoms with Crippen LogP contribution in [-0.4, -0.2) is 37.8 Å². The van der Waals surface area contributed by atoms with Crippen molar-refractivity contribution in [1.82, 2.24) is 0 Å². The molecule has 0 aliphatic heterocycles. The number of halogens is 6. The maximum absolute atomic E-state index is 15.4. The van der Waals surface area contributed by atoms with Gasteiger partial charge in [0.25, 0.3) is 9.84 Å². The van der Waals surface area contributed by atoms with Crippen LogP contribution in [0.15, 0.2) is 17.0 Å². The highest BCUT2D eigenvalue weighted by Crippen LogP contribution is 2.54. The first kappa shape index (κ1) is 31.6. The van der Waals surface area contributed by atoms with Crippen molar-refractivity contribution in [2.24, 2.45) is 0 Å². The predicted octanol–water partition coefficient (Wildman–Crippen LogP) is 8.31. The van der Waals surface area contributed by atoms with Gasteiger partial charge in [0.2, 0.25) is 0 Å². The topological polar surface area (TPSA) is 88.5 Å².